The highest BCUT2D eigenvalue weighted by atomic mass is 16.3. The zero-order valence-corrected chi connectivity index (χ0v) is 19.7. The Morgan fingerprint density at radius 1 is 1.08 bits per heavy atom. The maximum absolute atomic E-state index is 13.7. The van der Waals surface area contributed by atoms with Gasteiger partial charge in [0.15, 0.2) is 0 Å². The summed E-state index contributed by atoms with van der Waals surface area (Å²) in [5, 5.41) is 7.03. The van der Waals surface area contributed by atoms with Gasteiger partial charge in [-0.3, -0.25) is 14.2 Å². The van der Waals surface area contributed by atoms with Gasteiger partial charge in [0, 0.05) is 11.3 Å². The van der Waals surface area contributed by atoms with E-state index in [0.29, 0.717) is 16.9 Å². The molecule has 0 bridgehead atoms. The molecule has 184 valence electrons. The molecule has 1 aliphatic carbocycles. The van der Waals surface area contributed by atoms with Crippen LogP contribution in [0.4, 0.5) is 0 Å². The Balaban J connectivity index is 1.26. The van der Waals surface area contributed by atoms with E-state index in [1.165, 1.54) is 15.9 Å². The maximum atomic E-state index is 13.7. The second-order valence-electron chi connectivity index (χ2n) is 9.32. The topological polar surface area (TPSA) is 107 Å². The zero-order valence-electron chi connectivity index (χ0n) is 19.7. The van der Waals surface area contributed by atoms with Crippen molar-refractivity contribution < 1.29 is 18.0 Å². The average molecular weight is 495 g/mol. The molecule has 9 nitrogen and oxygen atoms in total. The van der Waals surface area contributed by atoms with Crippen LogP contribution in [0.5, 0.6) is 0 Å². The zero-order chi connectivity index (χ0) is 24.9. The van der Waals surface area contributed by atoms with Crippen molar-refractivity contribution in [3.8, 4) is 0 Å². The number of carbonyl (C=O) groups is 1. The Bertz CT molecular complexity index is 1740. The van der Waals surface area contributed by atoms with E-state index in [0.717, 1.165) is 41.7 Å². The molecule has 37 heavy (non-hydrogen) atoms. The first kappa shape index (κ1) is 21.6. The first-order valence-corrected chi connectivity index (χ1v) is 12.2. The molecule has 2 unspecified atom stereocenters. The third kappa shape index (κ3) is 3.54. The maximum Gasteiger partial charge on any atom is 0.297 e. The lowest BCUT2D eigenvalue weighted by molar-refractivity contribution is -0.134. The predicted molar refractivity (Wildman–Crippen MR) is 136 cm³/mol. The Labute approximate surface area is 210 Å². The quantitative estimate of drug-likeness (QED) is 0.342. The number of para-hydroxylation sites is 1. The molecule has 1 aromatic carbocycles. The third-order valence-corrected chi connectivity index (χ3v) is 7.11. The standard InChI is InChI=1S/C28H22N4O5/c33-23(15-31-16-29-25-19-8-1-2-10-21(19)37-27(25)28(31)34)32-26(22-11-5-13-36-22)20-9-3-6-17(24(20)30-32)14-18-7-4-12-35-18/h1-2,4-5,7-8,10-14,16,20,26H,3,6,9,15H2. The number of allylic oxidation sites excluding steroid dienone is 1. The molecule has 1 saturated carbocycles. The van der Waals surface area contributed by atoms with Gasteiger partial charge in [-0.2, -0.15) is 5.10 Å². The molecule has 1 fully saturated rings. The second-order valence-corrected chi connectivity index (χ2v) is 9.32. The summed E-state index contributed by atoms with van der Waals surface area (Å²) in [4.78, 5) is 31.3. The van der Waals surface area contributed by atoms with Gasteiger partial charge in [-0.1, -0.05) is 12.1 Å². The van der Waals surface area contributed by atoms with Crippen LogP contribution in [0.15, 0.2) is 96.1 Å². The van der Waals surface area contributed by atoms with Gasteiger partial charge in [-0.25, -0.2) is 9.99 Å². The number of fused-ring (bicyclic) bond motifs is 4. The molecule has 0 saturated heterocycles. The van der Waals surface area contributed by atoms with Crippen molar-refractivity contribution in [3.63, 3.8) is 0 Å². The summed E-state index contributed by atoms with van der Waals surface area (Å²) in [6.07, 6.45) is 9.29. The molecule has 5 aromatic rings. The molecule has 2 atom stereocenters. The van der Waals surface area contributed by atoms with Gasteiger partial charge in [0.25, 0.3) is 11.5 Å². The van der Waals surface area contributed by atoms with Crippen LogP contribution < -0.4 is 5.56 Å². The Kier molecular flexibility index (Phi) is 4.95. The smallest absolute Gasteiger partial charge is 0.297 e. The molecule has 7 rings (SSSR count). The Morgan fingerprint density at radius 3 is 2.78 bits per heavy atom. The van der Waals surface area contributed by atoms with Crippen LogP contribution in [0.25, 0.3) is 28.1 Å². The molecular formula is C28H22N4O5. The fraction of sp³-hybridized carbons (Fsp3) is 0.214. The van der Waals surface area contributed by atoms with E-state index in [4.69, 9.17) is 18.4 Å². The van der Waals surface area contributed by atoms with Gasteiger partial charge in [-0.15, -0.1) is 0 Å². The van der Waals surface area contributed by atoms with Crippen molar-refractivity contribution in [2.45, 2.75) is 31.8 Å². The number of hydrogen-bond donors (Lipinski definition) is 0. The van der Waals surface area contributed by atoms with Crippen LogP contribution in [-0.4, -0.2) is 26.2 Å². The first-order valence-electron chi connectivity index (χ1n) is 12.2. The number of furan rings is 3. The molecule has 0 N–H and O–H groups in total. The lowest BCUT2D eigenvalue weighted by atomic mass is 9.79. The van der Waals surface area contributed by atoms with Crippen LogP contribution in [0.2, 0.25) is 0 Å². The van der Waals surface area contributed by atoms with Crippen molar-refractivity contribution >= 4 is 39.8 Å². The Hall–Kier alpha value is -4.66. The van der Waals surface area contributed by atoms with Crippen molar-refractivity contribution in [1.82, 2.24) is 14.6 Å². The monoisotopic (exact) mass is 494 g/mol. The van der Waals surface area contributed by atoms with E-state index in [9.17, 15) is 9.59 Å². The van der Waals surface area contributed by atoms with Gasteiger partial charge in [0.2, 0.25) is 5.58 Å². The van der Waals surface area contributed by atoms with E-state index in [1.807, 2.05) is 48.5 Å². The van der Waals surface area contributed by atoms with Gasteiger partial charge in [0.1, 0.15) is 35.2 Å². The van der Waals surface area contributed by atoms with E-state index in [2.05, 4.69) is 4.98 Å². The van der Waals surface area contributed by atoms with E-state index in [-0.39, 0.29) is 24.0 Å². The van der Waals surface area contributed by atoms with Crippen molar-refractivity contribution in [3.05, 3.63) is 94.8 Å². The number of nitrogens with zero attached hydrogens (tertiary/aromatic N) is 4. The van der Waals surface area contributed by atoms with Crippen LogP contribution in [0.3, 0.4) is 0 Å². The summed E-state index contributed by atoms with van der Waals surface area (Å²) < 4.78 is 18.3. The first-order chi connectivity index (χ1) is 18.2. The molecule has 2 aliphatic rings. The highest BCUT2D eigenvalue weighted by molar-refractivity contribution is 6.08. The van der Waals surface area contributed by atoms with Gasteiger partial charge >= 0.3 is 0 Å². The minimum atomic E-state index is -0.410. The van der Waals surface area contributed by atoms with Crippen LogP contribution in [0, 0.1) is 5.92 Å². The van der Waals surface area contributed by atoms with Crippen molar-refractivity contribution in [2.24, 2.45) is 11.0 Å². The SMILES string of the molecule is O=C(Cn1cnc2c(oc3ccccc32)c1=O)N1N=C2C(=Cc3ccco3)CCCC2C1c1ccco1. The molecule has 1 amide bonds. The molecule has 9 heteroatoms. The van der Waals surface area contributed by atoms with Crippen molar-refractivity contribution in [2.75, 3.05) is 0 Å². The Morgan fingerprint density at radius 2 is 1.95 bits per heavy atom. The molecule has 4 aromatic heterocycles. The number of benzene rings is 1. The van der Waals surface area contributed by atoms with Gasteiger partial charge < -0.3 is 13.3 Å². The second kappa shape index (κ2) is 8.48. The lowest BCUT2D eigenvalue weighted by Gasteiger charge is -2.27. The van der Waals surface area contributed by atoms with E-state index in [1.54, 1.807) is 18.6 Å². The van der Waals surface area contributed by atoms with Crippen LogP contribution in [0.1, 0.15) is 36.8 Å². The number of carbonyl (C=O) groups excluding carboxylic acids is 1. The molecule has 5 heterocycles. The van der Waals surface area contributed by atoms with Crippen molar-refractivity contribution in [1.29, 1.82) is 0 Å². The van der Waals surface area contributed by atoms with Gasteiger partial charge in [0.05, 0.1) is 24.6 Å². The average Bonchev–Trinajstić information content (AvgIpc) is 3.71. The summed E-state index contributed by atoms with van der Waals surface area (Å²) in [5.41, 5.74) is 2.68. The van der Waals surface area contributed by atoms with E-state index < -0.39 is 11.6 Å². The molecule has 1 aliphatic heterocycles. The predicted octanol–water partition coefficient (Wildman–Crippen LogP) is 5.15. The van der Waals surface area contributed by atoms with E-state index >= 15 is 0 Å². The normalized spacial score (nSPS) is 20.6. The summed E-state index contributed by atoms with van der Waals surface area (Å²) in [7, 11) is 0. The minimum Gasteiger partial charge on any atom is -0.467 e. The molecule has 0 radical (unpaired) electrons. The lowest BCUT2D eigenvalue weighted by Crippen LogP contribution is -2.36. The number of rotatable bonds is 4. The fourth-order valence-corrected chi connectivity index (χ4v) is 5.44. The third-order valence-electron chi connectivity index (χ3n) is 7.11. The molecule has 0 spiro atoms. The summed E-state index contributed by atoms with van der Waals surface area (Å²) >= 11 is 0. The number of amides is 1. The highest BCUT2D eigenvalue weighted by Gasteiger charge is 2.45. The fourth-order valence-electron chi connectivity index (χ4n) is 5.44. The largest absolute Gasteiger partial charge is 0.467 e. The minimum absolute atomic E-state index is 0.0160. The summed E-state index contributed by atoms with van der Waals surface area (Å²) in [6.45, 7) is -0.225. The summed E-state index contributed by atoms with van der Waals surface area (Å²) in [5.74, 6) is 1.06. The number of hydrogen-bond acceptors (Lipinski definition) is 7. The molecular weight excluding hydrogens is 472 g/mol. The summed E-state index contributed by atoms with van der Waals surface area (Å²) in [6, 6.07) is 14.4. The van der Waals surface area contributed by atoms with Crippen LogP contribution >= 0.6 is 0 Å². The number of aromatic nitrogens is 2. The number of hydrazone groups is 1. The van der Waals surface area contributed by atoms with Crippen LogP contribution in [-0.2, 0) is 11.3 Å². The van der Waals surface area contributed by atoms with Gasteiger partial charge in [-0.05, 0) is 67.3 Å². The highest BCUT2D eigenvalue weighted by Crippen LogP contribution is 2.44.